The Balaban J connectivity index is 1.64. The summed E-state index contributed by atoms with van der Waals surface area (Å²) in [6.45, 7) is 0.205. The zero-order chi connectivity index (χ0) is 18.3. The number of hydrogen-bond donors (Lipinski definition) is 1. The van der Waals surface area contributed by atoms with Crippen molar-refractivity contribution in [3.8, 4) is 5.75 Å². The van der Waals surface area contributed by atoms with E-state index in [1.165, 1.54) is 41.7 Å². The second kappa shape index (κ2) is 7.19. The van der Waals surface area contributed by atoms with E-state index in [-0.39, 0.29) is 36.4 Å². The van der Waals surface area contributed by atoms with E-state index < -0.39 is 0 Å². The van der Waals surface area contributed by atoms with E-state index in [0.29, 0.717) is 16.4 Å². The van der Waals surface area contributed by atoms with Crippen LogP contribution in [0.15, 0.2) is 39.3 Å². The molecule has 0 aliphatic heterocycles. The van der Waals surface area contributed by atoms with Crippen LogP contribution in [0.5, 0.6) is 5.75 Å². The number of aromatic nitrogens is 2. The summed E-state index contributed by atoms with van der Waals surface area (Å²) >= 11 is 1.35. The van der Waals surface area contributed by atoms with Gasteiger partial charge in [0, 0.05) is 18.6 Å². The summed E-state index contributed by atoms with van der Waals surface area (Å²) in [5.41, 5.74) is 1.14. The lowest BCUT2D eigenvalue weighted by atomic mass is 10.2. The lowest BCUT2D eigenvalue weighted by Crippen LogP contribution is -2.17. The van der Waals surface area contributed by atoms with Gasteiger partial charge in [0.1, 0.15) is 18.2 Å². The van der Waals surface area contributed by atoms with Crippen molar-refractivity contribution in [3.05, 3.63) is 57.9 Å². The molecule has 4 rings (SSSR count). The molecule has 136 valence electrons. The number of thiazole rings is 1. The number of hydrogen-bond acceptors (Lipinski definition) is 6. The molecule has 3 aromatic rings. The number of nitrogens with zero attached hydrogens (tertiary/aromatic N) is 2. The van der Waals surface area contributed by atoms with Crippen molar-refractivity contribution in [2.45, 2.75) is 23.2 Å². The molecule has 0 radical (unpaired) electrons. The monoisotopic (exact) mass is 412 g/mol. The van der Waals surface area contributed by atoms with Crippen LogP contribution >= 0.6 is 33.0 Å². The van der Waals surface area contributed by atoms with Crippen LogP contribution in [0.3, 0.4) is 0 Å². The van der Waals surface area contributed by atoms with Crippen LogP contribution in [0, 0.1) is 11.7 Å². The summed E-state index contributed by atoms with van der Waals surface area (Å²) in [6, 6.07) is 7.10. The predicted octanol–water partition coefficient (Wildman–Crippen LogP) is 3.82. The number of rotatable bonds is 6. The first-order chi connectivity index (χ1) is 12.6. The number of fused-ring (bicyclic) bond motifs is 1. The molecular formula is C17H14ClFN2O3S2. The fourth-order valence-corrected chi connectivity index (χ4v) is 5.09. The molecule has 0 bridgehead atoms. The smallest absolute Gasteiger partial charge is 0.259 e. The second-order valence-corrected chi connectivity index (χ2v) is 8.34. The van der Waals surface area contributed by atoms with Crippen molar-refractivity contribution in [2.75, 3.05) is 6.61 Å². The lowest BCUT2D eigenvalue weighted by molar-refractivity contribution is 0.273. The highest BCUT2D eigenvalue weighted by Gasteiger charge is 2.42. The van der Waals surface area contributed by atoms with E-state index in [9.17, 15) is 14.3 Å². The molecule has 2 unspecified atom stereocenters. The Labute approximate surface area is 160 Å². The molecule has 0 saturated heterocycles. The third kappa shape index (κ3) is 3.34. The minimum Gasteiger partial charge on any atom is -0.487 e. The van der Waals surface area contributed by atoms with Crippen molar-refractivity contribution >= 4 is 38.0 Å². The van der Waals surface area contributed by atoms with E-state index in [1.807, 2.05) is 0 Å². The Morgan fingerprint density at radius 1 is 1.42 bits per heavy atom. The summed E-state index contributed by atoms with van der Waals surface area (Å²) in [6.07, 6.45) is 0.842. The topological polar surface area (TPSA) is 63.8 Å². The maximum absolute atomic E-state index is 12.9. The quantitative estimate of drug-likeness (QED) is 0.666. The molecule has 1 fully saturated rings. The number of aliphatic hydroxyl groups excluding tert-OH is 1. The molecule has 1 aromatic carbocycles. The van der Waals surface area contributed by atoms with Gasteiger partial charge in [0.2, 0.25) is 0 Å². The van der Waals surface area contributed by atoms with E-state index in [1.54, 1.807) is 4.40 Å². The van der Waals surface area contributed by atoms with Gasteiger partial charge < -0.3 is 9.84 Å². The van der Waals surface area contributed by atoms with E-state index in [0.717, 1.165) is 27.3 Å². The van der Waals surface area contributed by atoms with E-state index >= 15 is 0 Å². The van der Waals surface area contributed by atoms with Crippen molar-refractivity contribution in [3.63, 3.8) is 0 Å². The molecule has 2 heterocycles. The average Bonchev–Trinajstić information content (AvgIpc) is 3.33. The van der Waals surface area contributed by atoms with Crippen molar-refractivity contribution in [1.29, 1.82) is 0 Å². The van der Waals surface area contributed by atoms with E-state index in [2.05, 4.69) is 4.98 Å². The van der Waals surface area contributed by atoms with Crippen LogP contribution < -0.4 is 10.3 Å². The van der Waals surface area contributed by atoms with Gasteiger partial charge in [-0.25, -0.2) is 9.37 Å². The zero-order valence-electron chi connectivity index (χ0n) is 13.4. The van der Waals surface area contributed by atoms with Gasteiger partial charge in [-0.1, -0.05) is 11.3 Å². The lowest BCUT2D eigenvalue weighted by Gasteiger charge is -2.06. The van der Waals surface area contributed by atoms with Crippen LogP contribution in [0.1, 0.15) is 23.7 Å². The molecule has 26 heavy (non-hydrogen) atoms. The maximum Gasteiger partial charge on any atom is 0.259 e. The van der Waals surface area contributed by atoms with Crippen molar-refractivity contribution in [2.24, 2.45) is 5.92 Å². The van der Waals surface area contributed by atoms with Crippen molar-refractivity contribution in [1.82, 2.24) is 9.38 Å². The summed E-state index contributed by atoms with van der Waals surface area (Å²) in [5, 5.41) is 9.34. The highest BCUT2D eigenvalue weighted by Crippen LogP contribution is 2.51. The normalized spacial score (nSPS) is 19.0. The van der Waals surface area contributed by atoms with Gasteiger partial charge >= 0.3 is 0 Å². The van der Waals surface area contributed by atoms with Gasteiger partial charge in [-0.15, -0.1) is 0 Å². The molecule has 9 heteroatoms. The fraction of sp³-hybridized carbons (Fsp3) is 0.294. The molecular weight excluding hydrogens is 399 g/mol. The minimum atomic E-state index is -0.339. The molecule has 1 aliphatic rings. The first kappa shape index (κ1) is 17.8. The summed E-state index contributed by atoms with van der Waals surface area (Å²) < 4.78 is 20.9. The molecule has 2 aromatic heterocycles. The third-order valence-electron chi connectivity index (χ3n) is 4.35. The Hall–Kier alpha value is -1.61. The standard InChI is InChI=1S/C17H14ClFN2O3S2/c18-26-16-15(13-5-9(13)7-22)21-14(23)6-11(20-17(21)25-16)8-24-12-3-1-10(19)2-4-12/h1-4,6,9,13,22H,5,7-8H2. The molecule has 1 saturated carbocycles. The number of benzene rings is 1. The largest absolute Gasteiger partial charge is 0.487 e. The molecule has 0 spiro atoms. The highest BCUT2D eigenvalue weighted by molar-refractivity contribution is 8.22. The Morgan fingerprint density at radius 2 is 2.19 bits per heavy atom. The highest BCUT2D eigenvalue weighted by atomic mass is 35.7. The van der Waals surface area contributed by atoms with Crippen LogP contribution in [-0.2, 0) is 6.61 Å². The first-order valence-electron chi connectivity index (χ1n) is 7.94. The Kier molecular flexibility index (Phi) is 4.92. The molecule has 1 N–H and O–H groups in total. The van der Waals surface area contributed by atoms with Gasteiger partial charge in [-0.2, -0.15) is 0 Å². The number of ether oxygens (including phenoxy) is 1. The SMILES string of the molecule is O=c1cc(COc2ccc(F)cc2)nc2sc(SCl)c(C3CC3CO)n12. The van der Waals surface area contributed by atoms with Crippen LogP contribution in [0.2, 0.25) is 0 Å². The summed E-state index contributed by atoms with van der Waals surface area (Å²) in [7, 11) is 7.05. The number of halogens is 2. The van der Waals surface area contributed by atoms with Gasteiger partial charge in [0.15, 0.2) is 4.96 Å². The molecule has 0 amide bonds. The number of aliphatic hydroxyl groups is 1. The summed E-state index contributed by atoms with van der Waals surface area (Å²) in [5.74, 6) is 0.467. The molecule has 1 aliphatic carbocycles. The van der Waals surface area contributed by atoms with Gasteiger partial charge in [0.05, 0.1) is 15.6 Å². The van der Waals surface area contributed by atoms with E-state index in [4.69, 9.17) is 15.4 Å². The predicted molar refractivity (Wildman–Crippen MR) is 99.7 cm³/mol. The average molecular weight is 413 g/mol. The van der Waals surface area contributed by atoms with Gasteiger partial charge in [-0.05, 0) is 58.3 Å². The third-order valence-corrected chi connectivity index (χ3v) is 6.79. The van der Waals surface area contributed by atoms with Crippen LogP contribution in [0.25, 0.3) is 4.96 Å². The first-order valence-corrected chi connectivity index (χ1v) is 10.4. The zero-order valence-corrected chi connectivity index (χ0v) is 15.8. The Morgan fingerprint density at radius 3 is 2.85 bits per heavy atom. The molecule has 2 atom stereocenters. The minimum absolute atomic E-state index is 0.0974. The van der Waals surface area contributed by atoms with Crippen LogP contribution in [0.4, 0.5) is 4.39 Å². The fourth-order valence-electron chi connectivity index (χ4n) is 2.94. The Bertz CT molecular complexity index is 1010. The van der Waals surface area contributed by atoms with Crippen LogP contribution in [-0.4, -0.2) is 21.1 Å². The van der Waals surface area contributed by atoms with Crippen molar-refractivity contribution < 1.29 is 14.2 Å². The van der Waals surface area contributed by atoms with Gasteiger partial charge in [0.25, 0.3) is 5.56 Å². The van der Waals surface area contributed by atoms with Gasteiger partial charge in [-0.3, -0.25) is 9.20 Å². The second-order valence-electron chi connectivity index (χ2n) is 6.08. The summed E-state index contributed by atoms with van der Waals surface area (Å²) in [4.78, 5) is 17.7. The maximum atomic E-state index is 12.9. The molecule has 5 nitrogen and oxygen atoms in total.